The molecule has 8 N–H and O–H groups in total. The summed E-state index contributed by atoms with van der Waals surface area (Å²) in [7, 11) is 0. The van der Waals surface area contributed by atoms with Gasteiger partial charge in [0.15, 0.2) is 5.96 Å². The average molecular weight is 535 g/mol. The molecule has 0 aromatic carbocycles. The summed E-state index contributed by atoms with van der Waals surface area (Å²) in [5, 5.41) is 5.46. The van der Waals surface area contributed by atoms with Crippen LogP contribution in [0.15, 0.2) is 4.99 Å². The summed E-state index contributed by atoms with van der Waals surface area (Å²) in [6, 6.07) is -2.10. The van der Waals surface area contributed by atoms with E-state index in [1.807, 2.05) is 0 Å². The Kier molecular flexibility index (Phi) is 16.5. The van der Waals surface area contributed by atoms with Gasteiger partial charge in [0.1, 0.15) is 18.4 Å². The standard InChI is InChI=1S/C23H40N6O5.ClH.H2O/c1-2-34-23(33)28-18(14-16-8-4-3-5-9-16)21(32)29-13-7-11-19(29)20(31)27-17(15-30)10-6-12-26-22(24)25;;/h15-19H,2-14H2,1H3,(H,27,31)(H,28,33)(H4,24,25,26);1H;1H2/t17-,18+,19-;;/m0../s1. The summed E-state index contributed by atoms with van der Waals surface area (Å²) in [5.41, 5.74) is 10.6. The molecule has 3 atom stereocenters. The number of halogens is 1. The molecule has 0 spiro atoms. The number of nitrogens with two attached hydrogens (primary N) is 2. The fourth-order valence-corrected chi connectivity index (χ4v) is 4.77. The van der Waals surface area contributed by atoms with E-state index >= 15 is 0 Å². The first kappa shape index (κ1) is 33.4. The quantitative estimate of drug-likeness (QED) is 0.120. The van der Waals surface area contributed by atoms with E-state index in [-0.39, 0.29) is 42.3 Å². The van der Waals surface area contributed by atoms with Crippen molar-refractivity contribution in [2.45, 2.75) is 89.3 Å². The molecule has 0 bridgehead atoms. The molecule has 0 radical (unpaired) electrons. The minimum absolute atomic E-state index is 0. The first-order valence-electron chi connectivity index (χ1n) is 12.4. The molecule has 0 unspecified atom stereocenters. The molecular weight excluding hydrogens is 492 g/mol. The van der Waals surface area contributed by atoms with E-state index < -0.39 is 24.2 Å². The van der Waals surface area contributed by atoms with E-state index in [9.17, 15) is 19.2 Å². The maximum Gasteiger partial charge on any atom is 0.407 e. The summed E-state index contributed by atoms with van der Waals surface area (Å²) in [5.74, 6) is -0.306. The van der Waals surface area contributed by atoms with Crippen LogP contribution in [-0.2, 0) is 19.1 Å². The lowest BCUT2D eigenvalue weighted by molar-refractivity contribution is -0.140. The van der Waals surface area contributed by atoms with Crippen LogP contribution in [-0.4, -0.2) is 78.4 Å². The number of ether oxygens (including phenoxy) is 1. The number of carbonyl (C=O) groups is 4. The van der Waals surface area contributed by atoms with Crippen LogP contribution >= 0.6 is 12.4 Å². The lowest BCUT2D eigenvalue weighted by atomic mass is 9.84. The highest BCUT2D eigenvalue weighted by molar-refractivity contribution is 5.92. The van der Waals surface area contributed by atoms with Crippen LogP contribution < -0.4 is 22.1 Å². The third-order valence-electron chi connectivity index (χ3n) is 6.46. The van der Waals surface area contributed by atoms with Crippen molar-refractivity contribution in [2.75, 3.05) is 19.7 Å². The average Bonchev–Trinajstić information content (AvgIpc) is 3.31. The molecule has 208 valence electrons. The van der Waals surface area contributed by atoms with Crippen molar-refractivity contribution in [1.29, 1.82) is 0 Å². The second-order valence-electron chi connectivity index (χ2n) is 9.05. The molecular formula is C23H43ClN6O6. The van der Waals surface area contributed by atoms with Gasteiger partial charge in [-0.3, -0.25) is 14.6 Å². The van der Waals surface area contributed by atoms with Gasteiger partial charge < -0.3 is 42.0 Å². The molecule has 1 saturated carbocycles. The lowest BCUT2D eigenvalue weighted by Crippen LogP contribution is -2.55. The molecule has 36 heavy (non-hydrogen) atoms. The highest BCUT2D eigenvalue weighted by atomic mass is 35.5. The number of hydrogen-bond acceptors (Lipinski definition) is 6. The third-order valence-corrected chi connectivity index (χ3v) is 6.46. The largest absolute Gasteiger partial charge is 0.450 e. The molecule has 12 nitrogen and oxygen atoms in total. The van der Waals surface area contributed by atoms with Crippen LogP contribution in [0.3, 0.4) is 0 Å². The highest BCUT2D eigenvalue weighted by Gasteiger charge is 2.39. The third kappa shape index (κ3) is 11.0. The molecule has 2 fully saturated rings. The number of guanidine groups is 1. The fraction of sp³-hybridized carbons (Fsp3) is 0.783. The number of likely N-dealkylation sites (tertiary alicyclic amines) is 1. The topological polar surface area (TPSA) is 201 Å². The zero-order valence-corrected chi connectivity index (χ0v) is 21.9. The predicted octanol–water partition coefficient (Wildman–Crippen LogP) is 0.397. The SMILES string of the molecule is CCOC(=O)N[C@H](CC1CCCCC1)C(=O)N1CCC[C@H]1C(=O)N[C@H](C=O)CCCN=C(N)N.Cl.O. The molecule has 1 aliphatic heterocycles. The number of nitrogens with one attached hydrogen (secondary N) is 2. The zero-order valence-electron chi connectivity index (χ0n) is 21.1. The summed E-state index contributed by atoms with van der Waals surface area (Å²) >= 11 is 0. The highest BCUT2D eigenvalue weighted by Crippen LogP contribution is 2.29. The van der Waals surface area contributed by atoms with Crippen LogP contribution in [0.5, 0.6) is 0 Å². The number of rotatable bonds is 12. The van der Waals surface area contributed by atoms with Crippen molar-refractivity contribution in [1.82, 2.24) is 15.5 Å². The monoisotopic (exact) mass is 534 g/mol. The number of aldehydes is 1. The van der Waals surface area contributed by atoms with Gasteiger partial charge in [0.2, 0.25) is 11.8 Å². The van der Waals surface area contributed by atoms with E-state index in [4.69, 9.17) is 16.2 Å². The number of alkyl carbamates (subject to hydrolysis) is 1. The number of amides is 3. The van der Waals surface area contributed by atoms with Crippen molar-refractivity contribution in [2.24, 2.45) is 22.4 Å². The summed E-state index contributed by atoms with van der Waals surface area (Å²) in [6.45, 7) is 2.71. The van der Waals surface area contributed by atoms with Gasteiger partial charge in [0, 0.05) is 13.1 Å². The van der Waals surface area contributed by atoms with Crippen LogP contribution in [0.4, 0.5) is 4.79 Å². The number of carbonyl (C=O) groups excluding carboxylic acids is 4. The second kappa shape index (κ2) is 17.8. The zero-order chi connectivity index (χ0) is 24.9. The second-order valence-corrected chi connectivity index (χ2v) is 9.05. The van der Waals surface area contributed by atoms with E-state index in [1.54, 1.807) is 6.92 Å². The predicted molar refractivity (Wildman–Crippen MR) is 139 cm³/mol. The number of hydrogen-bond donors (Lipinski definition) is 4. The van der Waals surface area contributed by atoms with Crippen molar-refractivity contribution in [3.8, 4) is 0 Å². The number of nitrogens with zero attached hydrogens (tertiary/aromatic N) is 2. The maximum absolute atomic E-state index is 13.5. The molecule has 1 aliphatic carbocycles. The number of aliphatic imine (C=N–C) groups is 1. The van der Waals surface area contributed by atoms with Crippen LogP contribution in [0.2, 0.25) is 0 Å². The van der Waals surface area contributed by atoms with E-state index in [0.29, 0.717) is 57.4 Å². The molecule has 0 aromatic rings. The van der Waals surface area contributed by atoms with Crippen LogP contribution in [0.1, 0.15) is 71.1 Å². The van der Waals surface area contributed by atoms with Gasteiger partial charge in [-0.25, -0.2) is 4.79 Å². The fourth-order valence-electron chi connectivity index (χ4n) is 4.77. The summed E-state index contributed by atoms with van der Waals surface area (Å²) in [4.78, 5) is 55.5. The van der Waals surface area contributed by atoms with E-state index in [2.05, 4.69) is 15.6 Å². The first-order valence-corrected chi connectivity index (χ1v) is 12.4. The van der Waals surface area contributed by atoms with E-state index in [1.165, 1.54) is 11.3 Å². The van der Waals surface area contributed by atoms with Gasteiger partial charge in [0.25, 0.3) is 0 Å². The summed E-state index contributed by atoms with van der Waals surface area (Å²) < 4.78 is 5.01. The Morgan fingerprint density at radius 1 is 1.11 bits per heavy atom. The first-order chi connectivity index (χ1) is 16.3. The van der Waals surface area contributed by atoms with Gasteiger partial charge in [-0.05, 0) is 44.9 Å². The van der Waals surface area contributed by atoms with Gasteiger partial charge in [-0.15, -0.1) is 12.4 Å². The van der Waals surface area contributed by atoms with Crippen molar-refractivity contribution in [3.63, 3.8) is 0 Å². The molecule has 2 aliphatic rings. The molecule has 0 aromatic heterocycles. The molecule has 2 rings (SSSR count). The van der Waals surface area contributed by atoms with Crippen molar-refractivity contribution < 1.29 is 29.4 Å². The van der Waals surface area contributed by atoms with Gasteiger partial charge >= 0.3 is 6.09 Å². The van der Waals surface area contributed by atoms with Crippen LogP contribution in [0, 0.1) is 5.92 Å². The summed E-state index contributed by atoms with van der Waals surface area (Å²) in [6.07, 6.45) is 8.18. The Morgan fingerprint density at radius 2 is 1.81 bits per heavy atom. The van der Waals surface area contributed by atoms with E-state index in [0.717, 1.165) is 25.7 Å². The Hall–Kier alpha value is -2.60. The molecule has 1 heterocycles. The lowest BCUT2D eigenvalue weighted by Gasteiger charge is -2.31. The maximum atomic E-state index is 13.5. The Labute approximate surface area is 219 Å². The van der Waals surface area contributed by atoms with Crippen molar-refractivity contribution in [3.05, 3.63) is 0 Å². The Bertz CT molecular complexity index is 730. The van der Waals surface area contributed by atoms with Crippen molar-refractivity contribution >= 4 is 42.6 Å². The Balaban J connectivity index is 0.00000612. The minimum atomic E-state index is -0.739. The Morgan fingerprint density at radius 3 is 2.42 bits per heavy atom. The molecule has 13 heteroatoms. The minimum Gasteiger partial charge on any atom is -0.450 e. The van der Waals surface area contributed by atoms with Gasteiger partial charge in [-0.2, -0.15) is 0 Å². The normalized spacial score (nSPS) is 19.0. The van der Waals surface area contributed by atoms with Gasteiger partial charge in [-0.1, -0.05) is 32.1 Å². The molecule has 1 saturated heterocycles. The van der Waals surface area contributed by atoms with Crippen LogP contribution in [0.25, 0.3) is 0 Å². The smallest absolute Gasteiger partial charge is 0.407 e. The van der Waals surface area contributed by atoms with Gasteiger partial charge in [0.05, 0.1) is 12.6 Å². The molecule has 3 amide bonds.